The highest BCUT2D eigenvalue weighted by Crippen LogP contribution is 2.38. The molecule has 2 heteroatoms. The van der Waals surface area contributed by atoms with Gasteiger partial charge in [0, 0.05) is 31.0 Å². The summed E-state index contributed by atoms with van der Waals surface area (Å²) in [5, 5.41) is 0. The number of rotatable bonds is 1. The third kappa shape index (κ3) is 2.73. The maximum absolute atomic E-state index is 11.7. The molecule has 1 heterocycles. The van der Waals surface area contributed by atoms with Gasteiger partial charge in [-0.05, 0) is 38.0 Å². The molecule has 2 aliphatic rings. The fourth-order valence-electron chi connectivity index (χ4n) is 3.46. The number of hydrogen-bond acceptors (Lipinski definition) is 2. The molecular formula is C15H27NO. The molecule has 0 amide bonds. The number of likely N-dealkylation sites (tertiary alicyclic amines) is 1. The standard InChI is InChI=1S/C15H27NO/c1-11-12(2)16(10-7-14(11)17)13-5-8-15(3,4)9-6-13/h11-13H,5-10H2,1-4H3. The molecule has 1 aliphatic carbocycles. The summed E-state index contributed by atoms with van der Waals surface area (Å²) in [5.41, 5.74) is 0.539. The monoisotopic (exact) mass is 237 g/mol. The predicted molar refractivity (Wildman–Crippen MR) is 71.0 cm³/mol. The van der Waals surface area contributed by atoms with E-state index in [1.165, 1.54) is 25.7 Å². The van der Waals surface area contributed by atoms with Crippen LogP contribution < -0.4 is 0 Å². The summed E-state index contributed by atoms with van der Waals surface area (Å²) in [6.07, 6.45) is 6.08. The SMILES string of the molecule is CC1C(=O)CCN(C2CCC(C)(C)CC2)C1C. The fraction of sp³-hybridized carbons (Fsp3) is 0.933. The van der Waals surface area contributed by atoms with Crippen LogP contribution in [0.15, 0.2) is 0 Å². The van der Waals surface area contributed by atoms with Crippen LogP contribution in [0.4, 0.5) is 0 Å². The average Bonchev–Trinajstić information content (AvgIpc) is 2.27. The maximum Gasteiger partial charge on any atom is 0.138 e. The van der Waals surface area contributed by atoms with Crippen LogP contribution in [0, 0.1) is 11.3 Å². The van der Waals surface area contributed by atoms with Crippen LogP contribution in [0.2, 0.25) is 0 Å². The van der Waals surface area contributed by atoms with E-state index in [9.17, 15) is 4.79 Å². The number of ketones is 1. The normalized spacial score (nSPS) is 36.1. The van der Waals surface area contributed by atoms with E-state index < -0.39 is 0 Å². The van der Waals surface area contributed by atoms with E-state index in [0.717, 1.165) is 19.0 Å². The molecule has 0 N–H and O–H groups in total. The lowest BCUT2D eigenvalue weighted by atomic mass is 9.74. The maximum atomic E-state index is 11.7. The number of Topliss-reactive ketones (excluding diaryl/α,β-unsaturated/α-hetero) is 1. The molecule has 0 aromatic heterocycles. The summed E-state index contributed by atoms with van der Waals surface area (Å²) in [6, 6.07) is 1.18. The highest BCUT2D eigenvalue weighted by molar-refractivity contribution is 5.82. The smallest absolute Gasteiger partial charge is 0.138 e. The molecule has 1 saturated carbocycles. The molecule has 17 heavy (non-hydrogen) atoms. The van der Waals surface area contributed by atoms with Gasteiger partial charge >= 0.3 is 0 Å². The first-order valence-corrected chi connectivity index (χ1v) is 7.19. The summed E-state index contributed by atoms with van der Waals surface area (Å²) in [4.78, 5) is 14.3. The van der Waals surface area contributed by atoms with Crippen LogP contribution in [0.25, 0.3) is 0 Å². The Balaban J connectivity index is 1.97. The van der Waals surface area contributed by atoms with Crippen molar-refractivity contribution in [3.63, 3.8) is 0 Å². The molecule has 0 radical (unpaired) electrons. The lowest BCUT2D eigenvalue weighted by Gasteiger charge is -2.46. The van der Waals surface area contributed by atoms with Crippen LogP contribution in [0.5, 0.6) is 0 Å². The summed E-state index contributed by atoms with van der Waals surface area (Å²) in [6.45, 7) is 10.1. The minimum atomic E-state index is 0.235. The minimum Gasteiger partial charge on any atom is -0.299 e. The molecule has 0 bridgehead atoms. The van der Waals surface area contributed by atoms with Gasteiger partial charge in [-0.25, -0.2) is 0 Å². The Morgan fingerprint density at radius 3 is 2.35 bits per heavy atom. The minimum absolute atomic E-state index is 0.235. The first-order valence-electron chi connectivity index (χ1n) is 7.19. The van der Waals surface area contributed by atoms with Crippen molar-refractivity contribution < 1.29 is 4.79 Å². The van der Waals surface area contributed by atoms with Crippen molar-refractivity contribution in [1.82, 2.24) is 4.90 Å². The zero-order chi connectivity index (χ0) is 12.6. The van der Waals surface area contributed by atoms with E-state index in [1.54, 1.807) is 0 Å². The number of carbonyl (C=O) groups is 1. The van der Waals surface area contributed by atoms with Crippen molar-refractivity contribution in [2.24, 2.45) is 11.3 Å². The molecule has 2 unspecified atom stereocenters. The number of carbonyl (C=O) groups excluding carboxylic acids is 1. The third-order valence-corrected chi connectivity index (χ3v) is 5.15. The number of nitrogens with zero attached hydrogens (tertiary/aromatic N) is 1. The molecule has 1 saturated heterocycles. The van der Waals surface area contributed by atoms with Gasteiger partial charge in [-0.1, -0.05) is 20.8 Å². The van der Waals surface area contributed by atoms with E-state index in [-0.39, 0.29) is 5.92 Å². The molecule has 2 nitrogen and oxygen atoms in total. The fourth-order valence-corrected chi connectivity index (χ4v) is 3.46. The van der Waals surface area contributed by atoms with Gasteiger partial charge in [-0.2, -0.15) is 0 Å². The quantitative estimate of drug-likeness (QED) is 0.697. The lowest BCUT2D eigenvalue weighted by molar-refractivity contribution is -0.129. The van der Waals surface area contributed by atoms with E-state index in [0.29, 0.717) is 17.2 Å². The molecule has 1 aliphatic heterocycles. The molecule has 2 rings (SSSR count). The second-order valence-electron chi connectivity index (χ2n) is 6.88. The van der Waals surface area contributed by atoms with Crippen molar-refractivity contribution in [3.8, 4) is 0 Å². The van der Waals surface area contributed by atoms with Crippen LogP contribution in [0.3, 0.4) is 0 Å². The van der Waals surface area contributed by atoms with Crippen molar-refractivity contribution in [2.45, 2.75) is 71.9 Å². The molecule has 0 aromatic rings. The Kier molecular flexibility index (Phi) is 3.63. The van der Waals surface area contributed by atoms with Gasteiger partial charge in [-0.15, -0.1) is 0 Å². The van der Waals surface area contributed by atoms with Gasteiger partial charge in [0.05, 0.1) is 0 Å². The van der Waals surface area contributed by atoms with Crippen LogP contribution in [-0.2, 0) is 4.79 Å². The Hall–Kier alpha value is -0.370. The van der Waals surface area contributed by atoms with Gasteiger partial charge in [0.15, 0.2) is 0 Å². The first kappa shape index (κ1) is 13.1. The van der Waals surface area contributed by atoms with Gasteiger partial charge in [0.1, 0.15) is 5.78 Å². The number of piperidine rings is 1. The highest BCUT2D eigenvalue weighted by Gasteiger charge is 2.37. The lowest BCUT2D eigenvalue weighted by Crippen LogP contribution is -2.52. The Morgan fingerprint density at radius 1 is 1.18 bits per heavy atom. The molecule has 2 atom stereocenters. The Morgan fingerprint density at radius 2 is 1.76 bits per heavy atom. The second-order valence-corrected chi connectivity index (χ2v) is 6.88. The van der Waals surface area contributed by atoms with E-state index >= 15 is 0 Å². The van der Waals surface area contributed by atoms with Crippen molar-refractivity contribution >= 4 is 5.78 Å². The topological polar surface area (TPSA) is 20.3 Å². The molecule has 98 valence electrons. The Labute approximate surface area is 106 Å². The summed E-state index contributed by atoms with van der Waals surface area (Å²) < 4.78 is 0. The molecule has 2 fully saturated rings. The largest absolute Gasteiger partial charge is 0.299 e. The number of hydrogen-bond donors (Lipinski definition) is 0. The van der Waals surface area contributed by atoms with Gasteiger partial charge < -0.3 is 0 Å². The Bertz CT molecular complexity index is 287. The highest BCUT2D eigenvalue weighted by atomic mass is 16.1. The van der Waals surface area contributed by atoms with Crippen LogP contribution >= 0.6 is 0 Å². The summed E-state index contributed by atoms with van der Waals surface area (Å²) in [5.74, 6) is 0.698. The molecule has 0 spiro atoms. The van der Waals surface area contributed by atoms with E-state index in [4.69, 9.17) is 0 Å². The van der Waals surface area contributed by atoms with Crippen LogP contribution in [-0.4, -0.2) is 29.3 Å². The van der Waals surface area contributed by atoms with E-state index in [2.05, 4.69) is 32.6 Å². The molecular weight excluding hydrogens is 210 g/mol. The zero-order valence-corrected chi connectivity index (χ0v) is 11.8. The second kappa shape index (κ2) is 4.72. The average molecular weight is 237 g/mol. The third-order valence-electron chi connectivity index (χ3n) is 5.15. The van der Waals surface area contributed by atoms with Crippen molar-refractivity contribution in [2.75, 3.05) is 6.54 Å². The van der Waals surface area contributed by atoms with Crippen molar-refractivity contribution in [1.29, 1.82) is 0 Å². The summed E-state index contributed by atoms with van der Waals surface area (Å²) in [7, 11) is 0. The van der Waals surface area contributed by atoms with Crippen molar-refractivity contribution in [3.05, 3.63) is 0 Å². The van der Waals surface area contributed by atoms with Gasteiger partial charge in [-0.3, -0.25) is 9.69 Å². The van der Waals surface area contributed by atoms with Crippen LogP contribution in [0.1, 0.15) is 59.8 Å². The van der Waals surface area contributed by atoms with Gasteiger partial charge in [0.2, 0.25) is 0 Å². The predicted octanol–water partition coefficient (Wildman–Crippen LogP) is 3.25. The molecule has 0 aromatic carbocycles. The first-order chi connectivity index (χ1) is 7.91. The van der Waals surface area contributed by atoms with Gasteiger partial charge in [0.25, 0.3) is 0 Å². The summed E-state index contributed by atoms with van der Waals surface area (Å²) >= 11 is 0. The zero-order valence-electron chi connectivity index (χ0n) is 11.8. The van der Waals surface area contributed by atoms with E-state index in [1.807, 2.05) is 0 Å².